The van der Waals surface area contributed by atoms with E-state index < -0.39 is 5.97 Å². The van der Waals surface area contributed by atoms with E-state index in [2.05, 4.69) is 22.0 Å². The zero-order chi connectivity index (χ0) is 14.7. The molecule has 0 aliphatic carbocycles. The third kappa shape index (κ3) is 2.65. The summed E-state index contributed by atoms with van der Waals surface area (Å²) in [6, 6.07) is 12.1. The van der Waals surface area contributed by atoms with Gasteiger partial charge in [-0.05, 0) is 51.8 Å². The van der Waals surface area contributed by atoms with E-state index in [4.69, 9.17) is 15.1 Å². The zero-order valence-corrected chi connectivity index (χ0v) is 12.1. The predicted molar refractivity (Wildman–Crippen MR) is 77.8 cm³/mol. The summed E-state index contributed by atoms with van der Waals surface area (Å²) in [5, 5.41) is 18.1. The summed E-state index contributed by atoms with van der Waals surface area (Å²) in [4.78, 5) is 11.2. The molecule has 100 valence electrons. The number of nitriles is 1. The SMILES string of the molecule is COc1ccc(C#N)cc1-c1ccc(Br)c(C(=O)O)c1. The van der Waals surface area contributed by atoms with Gasteiger partial charge in [-0.3, -0.25) is 0 Å². The largest absolute Gasteiger partial charge is 0.496 e. The summed E-state index contributed by atoms with van der Waals surface area (Å²) in [6.45, 7) is 0. The molecule has 0 unspecified atom stereocenters. The molecule has 0 fully saturated rings. The van der Waals surface area contributed by atoms with E-state index in [9.17, 15) is 4.79 Å². The highest BCUT2D eigenvalue weighted by atomic mass is 79.9. The van der Waals surface area contributed by atoms with Crippen LogP contribution in [0.1, 0.15) is 15.9 Å². The Hall–Kier alpha value is -2.32. The van der Waals surface area contributed by atoms with Crippen molar-refractivity contribution in [1.82, 2.24) is 0 Å². The summed E-state index contributed by atoms with van der Waals surface area (Å²) in [5.41, 5.74) is 2.01. The number of ether oxygens (including phenoxy) is 1. The molecule has 0 atom stereocenters. The normalized spacial score (nSPS) is 9.85. The molecule has 2 aromatic carbocycles. The van der Waals surface area contributed by atoms with Gasteiger partial charge in [0.2, 0.25) is 0 Å². The highest BCUT2D eigenvalue weighted by molar-refractivity contribution is 9.10. The van der Waals surface area contributed by atoms with Crippen LogP contribution >= 0.6 is 15.9 Å². The number of halogens is 1. The van der Waals surface area contributed by atoms with Crippen LogP contribution in [0.4, 0.5) is 0 Å². The van der Waals surface area contributed by atoms with E-state index in [0.717, 1.165) is 0 Å². The first-order chi connectivity index (χ1) is 9.56. The summed E-state index contributed by atoms with van der Waals surface area (Å²) < 4.78 is 5.77. The number of carboxylic acid groups (broad SMARTS) is 1. The van der Waals surface area contributed by atoms with Gasteiger partial charge in [-0.25, -0.2) is 4.79 Å². The quantitative estimate of drug-likeness (QED) is 0.930. The van der Waals surface area contributed by atoms with Crippen molar-refractivity contribution in [2.24, 2.45) is 0 Å². The summed E-state index contributed by atoms with van der Waals surface area (Å²) in [7, 11) is 1.53. The maximum atomic E-state index is 11.2. The molecule has 20 heavy (non-hydrogen) atoms. The Kier molecular flexibility index (Phi) is 4.06. The van der Waals surface area contributed by atoms with Crippen LogP contribution in [0.5, 0.6) is 5.75 Å². The van der Waals surface area contributed by atoms with Gasteiger partial charge in [-0.1, -0.05) is 6.07 Å². The van der Waals surface area contributed by atoms with Crippen LogP contribution in [-0.4, -0.2) is 18.2 Å². The van der Waals surface area contributed by atoms with Gasteiger partial charge in [0.15, 0.2) is 0 Å². The number of aromatic carboxylic acids is 1. The molecule has 0 heterocycles. The van der Waals surface area contributed by atoms with Crippen molar-refractivity contribution in [3.63, 3.8) is 0 Å². The van der Waals surface area contributed by atoms with Crippen molar-refractivity contribution in [2.75, 3.05) is 7.11 Å². The zero-order valence-electron chi connectivity index (χ0n) is 10.6. The first-order valence-corrected chi connectivity index (χ1v) is 6.47. The second-order valence-electron chi connectivity index (χ2n) is 4.03. The Bertz CT molecular complexity index is 720. The second kappa shape index (κ2) is 5.76. The van der Waals surface area contributed by atoms with Gasteiger partial charge < -0.3 is 9.84 Å². The third-order valence-corrected chi connectivity index (χ3v) is 3.53. The molecule has 0 amide bonds. The second-order valence-corrected chi connectivity index (χ2v) is 4.88. The molecule has 4 nitrogen and oxygen atoms in total. The standard InChI is InChI=1S/C15H10BrNO3/c1-20-14-5-2-9(8-17)6-11(14)10-3-4-13(16)12(7-10)15(18)19/h2-7H,1H3,(H,18,19). The number of hydrogen-bond donors (Lipinski definition) is 1. The fourth-order valence-corrected chi connectivity index (χ4v) is 2.28. The van der Waals surface area contributed by atoms with Gasteiger partial charge in [0.1, 0.15) is 5.75 Å². The Labute approximate surface area is 124 Å². The van der Waals surface area contributed by atoms with E-state index in [1.54, 1.807) is 36.4 Å². The number of benzene rings is 2. The molecule has 0 saturated carbocycles. The van der Waals surface area contributed by atoms with Crippen molar-refractivity contribution < 1.29 is 14.6 Å². The van der Waals surface area contributed by atoms with Crippen molar-refractivity contribution >= 4 is 21.9 Å². The van der Waals surface area contributed by atoms with Gasteiger partial charge in [0, 0.05) is 10.0 Å². The van der Waals surface area contributed by atoms with Crippen molar-refractivity contribution in [3.8, 4) is 22.9 Å². The van der Waals surface area contributed by atoms with Crippen LogP contribution in [0, 0.1) is 11.3 Å². The molecule has 2 rings (SSSR count). The van der Waals surface area contributed by atoms with Gasteiger partial charge in [-0.15, -0.1) is 0 Å². The molecule has 0 saturated heterocycles. The minimum absolute atomic E-state index is 0.159. The third-order valence-electron chi connectivity index (χ3n) is 2.84. The Morgan fingerprint density at radius 1 is 1.30 bits per heavy atom. The van der Waals surface area contributed by atoms with Crippen LogP contribution in [-0.2, 0) is 0 Å². The highest BCUT2D eigenvalue weighted by Crippen LogP contribution is 2.33. The number of methoxy groups -OCH3 is 1. The van der Waals surface area contributed by atoms with E-state index in [-0.39, 0.29) is 5.56 Å². The van der Waals surface area contributed by atoms with Gasteiger partial charge >= 0.3 is 5.97 Å². The fraction of sp³-hybridized carbons (Fsp3) is 0.0667. The average Bonchev–Trinajstić information content (AvgIpc) is 2.46. The molecule has 0 spiro atoms. The predicted octanol–water partition coefficient (Wildman–Crippen LogP) is 3.69. The van der Waals surface area contributed by atoms with Crippen molar-refractivity contribution in [3.05, 3.63) is 52.0 Å². The molecule has 0 radical (unpaired) electrons. The number of carboxylic acids is 1. The summed E-state index contributed by atoms with van der Waals surface area (Å²) >= 11 is 3.20. The van der Waals surface area contributed by atoms with Crippen LogP contribution in [0.2, 0.25) is 0 Å². The number of carbonyl (C=O) groups is 1. The van der Waals surface area contributed by atoms with Crippen LogP contribution in [0.3, 0.4) is 0 Å². The van der Waals surface area contributed by atoms with Crippen LogP contribution in [0.15, 0.2) is 40.9 Å². The minimum atomic E-state index is -1.02. The van der Waals surface area contributed by atoms with Crippen molar-refractivity contribution in [2.45, 2.75) is 0 Å². The van der Waals surface area contributed by atoms with Gasteiger partial charge in [0.25, 0.3) is 0 Å². The molecule has 1 N–H and O–H groups in total. The lowest BCUT2D eigenvalue weighted by molar-refractivity contribution is 0.0696. The Morgan fingerprint density at radius 2 is 2.05 bits per heavy atom. The maximum absolute atomic E-state index is 11.2. The molecule has 0 bridgehead atoms. The molecular formula is C15H10BrNO3. The topological polar surface area (TPSA) is 70.3 Å². The maximum Gasteiger partial charge on any atom is 0.336 e. The van der Waals surface area contributed by atoms with Crippen LogP contribution in [0.25, 0.3) is 11.1 Å². The monoisotopic (exact) mass is 331 g/mol. The first kappa shape index (κ1) is 14.1. The van der Waals surface area contributed by atoms with E-state index >= 15 is 0 Å². The molecule has 0 aliphatic rings. The van der Waals surface area contributed by atoms with E-state index in [0.29, 0.717) is 26.9 Å². The molecular weight excluding hydrogens is 322 g/mol. The smallest absolute Gasteiger partial charge is 0.336 e. The van der Waals surface area contributed by atoms with Crippen molar-refractivity contribution in [1.29, 1.82) is 5.26 Å². The lowest BCUT2D eigenvalue weighted by Gasteiger charge is -2.10. The molecule has 5 heteroatoms. The lowest BCUT2D eigenvalue weighted by atomic mass is 10.00. The van der Waals surface area contributed by atoms with Crippen LogP contribution < -0.4 is 4.74 Å². The number of rotatable bonds is 3. The van der Waals surface area contributed by atoms with Gasteiger partial charge in [0.05, 0.1) is 24.3 Å². The number of hydrogen-bond acceptors (Lipinski definition) is 3. The van der Waals surface area contributed by atoms with E-state index in [1.165, 1.54) is 7.11 Å². The number of nitrogens with zero attached hydrogens (tertiary/aromatic N) is 1. The Morgan fingerprint density at radius 3 is 2.65 bits per heavy atom. The summed E-state index contributed by atoms with van der Waals surface area (Å²) in [6.07, 6.45) is 0. The summed E-state index contributed by atoms with van der Waals surface area (Å²) in [5.74, 6) is -0.434. The molecule has 0 aromatic heterocycles. The highest BCUT2D eigenvalue weighted by Gasteiger charge is 2.13. The lowest BCUT2D eigenvalue weighted by Crippen LogP contribution is -1.98. The van der Waals surface area contributed by atoms with Gasteiger partial charge in [-0.2, -0.15) is 5.26 Å². The molecule has 0 aliphatic heterocycles. The minimum Gasteiger partial charge on any atom is -0.496 e. The first-order valence-electron chi connectivity index (χ1n) is 5.68. The average molecular weight is 332 g/mol. The van der Waals surface area contributed by atoms with E-state index in [1.807, 2.05) is 0 Å². The Balaban J connectivity index is 2.65. The fourth-order valence-electron chi connectivity index (χ4n) is 1.86. The molecule has 2 aromatic rings.